The average Bonchev–Trinajstić information content (AvgIpc) is 3.90. The van der Waals surface area contributed by atoms with Gasteiger partial charge in [-0.3, -0.25) is 0 Å². The second kappa shape index (κ2) is 13.6. The first-order valence-corrected chi connectivity index (χ1v) is 21.9. The highest BCUT2D eigenvalue weighted by atomic mass is 16.5. The minimum absolute atomic E-state index is 0.534. The normalized spacial score (nSPS) is 13.2. The van der Waals surface area contributed by atoms with E-state index >= 15 is 0 Å². The molecule has 12 aromatic rings. The number of ether oxygens (including phenoxy) is 1. The van der Waals surface area contributed by atoms with E-state index in [-0.39, 0.29) is 0 Å². The zero-order chi connectivity index (χ0) is 42.6. The smallest absolute Gasteiger partial charge is 0.167 e. The van der Waals surface area contributed by atoms with E-state index in [1.165, 1.54) is 22.3 Å². The van der Waals surface area contributed by atoms with Crippen molar-refractivity contribution in [1.29, 1.82) is 0 Å². The van der Waals surface area contributed by atoms with Crippen molar-refractivity contribution in [2.45, 2.75) is 5.41 Å². The number of fused-ring (bicyclic) bond motifs is 16. The standard InChI is InChI=1S/C59H34N4O2/c1-3-16-35(17-4-1)54-42-32-33-47-53(40-21-7-9-24-44(40)59(47)45-25-10-13-28-50(45)64-51-29-14-11-26-46(51)59)52(42)41-31-30-37(34-48(41)60-54)57-61-56(36-18-5-2-6-19-36)62-58(63-57)43-23-15-22-39-38-20-8-12-27-49(38)65-55(39)43/h1-34H. The lowest BCUT2D eigenvalue weighted by Crippen LogP contribution is -2.32. The lowest BCUT2D eigenvalue weighted by Gasteiger charge is -2.39. The van der Waals surface area contributed by atoms with Gasteiger partial charge in [0.1, 0.15) is 22.7 Å². The van der Waals surface area contributed by atoms with Crippen molar-refractivity contribution in [3.8, 4) is 68.0 Å². The number of nitrogens with zero attached hydrogens (tertiary/aromatic N) is 4. The molecule has 6 nitrogen and oxygen atoms in total. The van der Waals surface area contributed by atoms with Crippen LogP contribution in [-0.4, -0.2) is 19.9 Å². The maximum absolute atomic E-state index is 6.66. The van der Waals surface area contributed by atoms with E-state index in [1.807, 2.05) is 60.7 Å². The van der Waals surface area contributed by atoms with E-state index in [0.717, 1.165) is 94.2 Å². The zero-order valence-electron chi connectivity index (χ0n) is 34.7. The Morgan fingerprint density at radius 3 is 1.75 bits per heavy atom. The number of furan rings is 1. The summed E-state index contributed by atoms with van der Waals surface area (Å²) in [6.07, 6.45) is 0. The topological polar surface area (TPSA) is 73.9 Å². The summed E-state index contributed by atoms with van der Waals surface area (Å²) in [4.78, 5) is 21.0. The predicted molar refractivity (Wildman–Crippen MR) is 259 cm³/mol. The van der Waals surface area contributed by atoms with Gasteiger partial charge in [-0.1, -0.05) is 176 Å². The van der Waals surface area contributed by atoms with Crippen molar-refractivity contribution in [3.05, 3.63) is 229 Å². The van der Waals surface area contributed by atoms with Crippen LogP contribution in [0.1, 0.15) is 22.3 Å². The quantitative estimate of drug-likeness (QED) is 0.165. The molecule has 0 saturated heterocycles. The number of hydrogen-bond donors (Lipinski definition) is 0. The summed E-state index contributed by atoms with van der Waals surface area (Å²) in [5, 5.41) is 5.35. The van der Waals surface area contributed by atoms with Crippen molar-refractivity contribution in [3.63, 3.8) is 0 Å². The molecular weight excluding hydrogens is 797 g/mol. The Hall–Kier alpha value is -8.74. The summed E-state index contributed by atoms with van der Waals surface area (Å²) in [7, 11) is 0. The third-order valence-electron chi connectivity index (χ3n) is 13.4. The highest BCUT2D eigenvalue weighted by molar-refractivity contribution is 6.20. The highest BCUT2D eigenvalue weighted by Gasteiger charge is 2.51. The average molecular weight is 831 g/mol. The Morgan fingerprint density at radius 1 is 0.369 bits per heavy atom. The van der Waals surface area contributed by atoms with Crippen LogP contribution in [0.5, 0.6) is 11.5 Å². The van der Waals surface area contributed by atoms with Gasteiger partial charge >= 0.3 is 0 Å². The Bertz CT molecular complexity index is 3890. The molecule has 1 aliphatic heterocycles. The number of aromatic nitrogens is 4. The van der Waals surface area contributed by atoms with E-state index in [9.17, 15) is 0 Å². The van der Waals surface area contributed by atoms with Crippen molar-refractivity contribution in [2.24, 2.45) is 0 Å². The Balaban J connectivity index is 1.05. The Morgan fingerprint density at radius 2 is 0.969 bits per heavy atom. The fourth-order valence-corrected chi connectivity index (χ4v) is 10.7. The fraction of sp³-hybridized carbons (Fsp3) is 0.0169. The summed E-state index contributed by atoms with van der Waals surface area (Å²) < 4.78 is 13.2. The Kier molecular flexibility index (Phi) is 7.51. The van der Waals surface area contributed by atoms with Crippen molar-refractivity contribution < 1.29 is 9.15 Å². The molecule has 3 aromatic heterocycles. The summed E-state index contributed by atoms with van der Waals surface area (Å²) in [5.41, 5.74) is 13.4. The Labute approximate surface area is 373 Å². The molecule has 9 aromatic carbocycles. The third kappa shape index (κ3) is 5.10. The molecule has 0 saturated carbocycles. The monoisotopic (exact) mass is 830 g/mol. The summed E-state index contributed by atoms with van der Waals surface area (Å²) in [6, 6.07) is 71.9. The fourth-order valence-electron chi connectivity index (χ4n) is 10.7. The van der Waals surface area contributed by atoms with Gasteiger partial charge in [0.15, 0.2) is 17.5 Å². The van der Waals surface area contributed by atoms with Crippen LogP contribution in [0, 0.1) is 0 Å². The van der Waals surface area contributed by atoms with E-state index in [2.05, 4.69) is 146 Å². The van der Waals surface area contributed by atoms with Gasteiger partial charge in [-0.05, 0) is 52.6 Å². The second-order valence-corrected chi connectivity index (χ2v) is 16.8. The minimum Gasteiger partial charge on any atom is -0.457 e. The summed E-state index contributed by atoms with van der Waals surface area (Å²) in [6.45, 7) is 0. The van der Waals surface area contributed by atoms with Crippen molar-refractivity contribution in [2.75, 3.05) is 0 Å². The van der Waals surface area contributed by atoms with E-state index < -0.39 is 5.41 Å². The van der Waals surface area contributed by atoms with Crippen molar-refractivity contribution >= 4 is 43.6 Å². The molecule has 0 bridgehead atoms. The molecular formula is C59H34N4O2. The van der Waals surface area contributed by atoms with E-state index in [0.29, 0.717) is 17.5 Å². The molecule has 14 rings (SSSR count). The van der Waals surface area contributed by atoms with Gasteiger partial charge in [0.2, 0.25) is 0 Å². The van der Waals surface area contributed by atoms with Gasteiger partial charge in [-0.2, -0.15) is 0 Å². The maximum Gasteiger partial charge on any atom is 0.167 e. The van der Waals surface area contributed by atoms with Gasteiger partial charge in [0.05, 0.1) is 22.2 Å². The molecule has 6 heteroatoms. The summed E-state index contributed by atoms with van der Waals surface area (Å²) >= 11 is 0. The largest absolute Gasteiger partial charge is 0.457 e. The molecule has 1 aliphatic carbocycles. The van der Waals surface area contributed by atoms with E-state index in [4.69, 9.17) is 29.1 Å². The minimum atomic E-state index is -0.605. The van der Waals surface area contributed by atoms with Crippen LogP contribution < -0.4 is 4.74 Å². The molecule has 65 heavy (non-hydrogen) atoms. The lowest BCUT2D eigenvalue weighted by molar-refractivity contribution is 0.436. The second-order valence-electron chi connectivity index (χ2n) is 16.8. The molecule has 0 radical (unpaired) electrons. The summed E-state index contributed by atoms with van der Waals surface area (Å²) in [5.74, 6) is 3.39. The first kappa shape index (κ1) is 35.8. The first-order valence-electron chi connectivity index (χ1n) is 21.9. The number of pyridine rings is 1. The zero-order valence-corrected chi connectivity index (χ0v) is 34.7. The van der Waals surface area contributed by atoms with Gasteiger partial charge in [0, 0.05) is 54.7 Å². The molecule has 1 spiro atoms. The molecule has 0 atom stereocenters. The van der Waals surface area contributed by atoms with Crippen LogP contribution >= 0.6 is 0 Å². The SMILES string of the molecule is c1ccc(-c2nc(-c3ccc4c(c3)nc(-c3ccccc3)c3ccc5c(c34)-c3ccccc3C53c4ccccc4Oc4ccccc43)nc(-c3cccc4c3oc3ccccc34)n2)cc1. The molecule has 4 heterocycles. The van der Waals surface area contributed by atoms with Crippen LogP contribution in [0.4, 0.5) is 0 Å². The van der Waals surface area contributed by atoms with Crippen LogP contribution in [0.2, 0.25) is 0 Å². The van der Waals surface area contributed by atoms with Crippen LogP contribution in [0.15, 0.2) is 211 Å². The molecule has 0 amide bonds. The van der Waals surface area contributed by atoms with Crippen LogP contribution in [0.25, 0.3) is 100 Å². The highest BCUT2D eigenvalue weighted by Crippen LogP contribution is 2.63. The van der Waals surface area contributed by atoms with Crippen LogP contribution in [-0.2, 0) is 5.41 Å². The molecule has 2 aliphatic rings. The van der Waals surface area contributed by atoms with Crippen LogP contribution in [0.3, 0.4) is 0 Å². The van der Waals surface area contributed by atoms with Gasteiger partial charge < -0.3 is 9.15 Å². The lowest BCUT2D eigenvalue weighted by atomic mass is 9.66. The molecule has 0 unspecified atom stereocenters. The molecule has 302 valence electrons. The van der Waals surface area contributed by atoms with E-state index in [1.54, 1.807) is 0 Å². The van der Waals surface area contributed by atoms with Gasteiger partial charge in [0.25, 0.3) is 0 Å². The number of hydrogen-bond acceptors (Lipinski definition) is 6. The number of benzene rings is 9. The van der Waals surface area contributed by atoms with Crippen molar-refractivity contribution in [1.82, 2.24) is 19.9 Å². The maximum atomic E-state index is 6.66. The number of para-hydroxylation sites is 4. The van der Waals surface area contributed by atoms with Gasteiger partial charge in [-0.15, -0.1) is 0 Å². The number of rotatable bonds is 4. The van der Waals surface area contributed by atoms with Gasteiger partial charge in [-0.25, -0.2) is 19.9 Å². The predicted octanol–water partition coefficient (Wildman–Crippen LogP) is 14.6. The molecule has 0 N–H and O–H groups in total. The third-order valence-corrected chi connectivity index (χ3v) is 13.4. The first-order chi connectivity index (χ1) is 32.2. The molecule has 0 fully saturated rings.